The van der Waals surface area contributed by atoms with E-state index in [0.717, 1.165) is 11.6 Å². The maximum absolute atomic E-state index is 13.3. The Bertz CT molecular complexity index is 761. The Morgan fingerprint density at radius 1 is 1.25 bits per heavy atom. The Hall–Kier alpha value is -2.58. The van der Waals surface area contributed by atoms with Gasteiger partial charge in [0.1, 0.15) is 11.6 Å². The molecule has 0 radical (unpaired) electrons. The molecule has 1 atom stereocenters. The summed E-state index contributed by atoms with van der Waals surface area (Å²) in [6.07, 6.45) is -2.26. The smallest absolute Gasteiger partial charge is 0.383 e. The zero-order valence-electron chi connectivity index (χ0n) is 13.0. The number of hydrogen-bond donors (Lipinski definition) is 2. The second-order valence-corrected chi connectivity index (χ2v) is 5.76. The van der Waals surface area contributed by atoms with Crippen LogP contribution in [0.25, 0.3) is 0 Å². The van der Waals surface area contributed by atoms with Crippen LogP contribution in [0.4, 0.5) is 30.8 Å². The van der Waals surface area contributed by atoms with Gasteiger partial charge in [0.15, 0.2) is 0 Å². The highest BCUT2D eigenvalue weighted by Crippen LogP contribution is 2.37. The Balaban J connectivity index is 2.00. The monoisotopic (exact) mass is 338 g/mol. The summed E-state index contributed by atoms with van der Waals surface area (Å²) in [4.78, 5) is 13.8. The molecule has 2 aromatic heterocycles. The molecular formula is C15H17F3N6. The normalized spacial score (nSPS) is 18.2. The summed E-state index contributed by atoms with van der Waals surface area (Å²) in [6, 6.07) is 2.09. The van der Waals surface area contributed by atoms with Gasteiger partial charge in [0.05, 0.1) is 11.3 Å². The van der Waals surface area contributed by atoms with Crippen molar-refractivity contribution in [1.29, 1.82) is 0 Å². The fraction of sp³-hybridized carbons (Fsp3) is 0.400. The zero-order valence-corrected chi connectivity index (χ0v) is 13.0. The predicted octanol–water partition coefficient (Wildman–Crippen LogP) is 2.05. The van der Waals surface area contributed by atoms with Gasteiger partial charge in [-0.3, -0.25) is 0 Å². The van der Waals surface area contributed by atoms with Gasteiger partial charge in [0.25, 0.3) is 0 Å². The SMILES string of the molecule is CC1Cc2nc(N)nc(N)c2CCN1c1ncccc1C(F)(F)F. The Kier molecular flexibility index (Phi) is 3.94. The lowest BCUT2D eigenvalue weighted by Crippen LogP contribution is -2.36. The first kappa shape index (κ1) is 16.3. The average molecular weight is 338 g/mol. The van der Waals surface area contributed by atoms with E-state index in [4.69, 9.17) is 11.5 Å². The van der Waals surface area contributed by atoms with E-state index in [1.165, 1.54) is 12.3 Å². The second kappa shape index (κ2) is 5.81. The van der Waals surface area contributed by atoms with Crippen molar-refractivity contribution in [1.82, 2.24) is 15.0 Å². The number of anilines is 3. The number of halogens is 3. The van der Waals surface area contributed by atoms with Crippen LogP contribution in [0, 0.1) is 0 Å². The molecule has 9 heteroatoms. The van der Waals surface area contributed by atoms with Gasteiger partial charge < -0.3 is 16.4 Å². The number of alkyl halides is 3. The van der Waals surface area contributed by atoms with Gasteiger partial charge >= 0.3 is 6.18 Å². The largest absolute Gasteiger partial charge is 0.419 e. The van der Waals surface area contributed by atoms with E-state index in [0.29, 0.717) is 25.1 Å². The highest BCUT2D eigenvalue weighted by Gasteiger charge is 2.37. The third-order valence-electron chi connectivity index (χ3n) is 4.13. The van der Waals surface area contributed by atoms with E-state index in [2.05, 4.69) is 15.0 Å². The van der Waals surface area contributed by atoms with Crippen LogP contribution in [0.3, 0.4) is 0 Å². The van der Waals surface area contributed by atoms with Crippen LogP contribution in [0.5, 0.6) is 0 Å². The van der Waals surface area contributed by atoms with Crippen molar-refractivity contribution in [3.05, 3.63) is 35.2 Å². The predicted molar refractivity (Wildman–Crippen MR) is 84.3 cm³/mol. The molecule has 0 aliphatic carbocycles. The molecule has 24 heavy (non-hydrogen) atoms. The summed E-state index contributed by atoms with van der Waals surface area (Å²) in [5.41, 5.74) is 12.2. The Morgan fingerprint density at radius 3 is 2.71 bits per heavy atom. The van der Waals surface area contributed by atoms with Gasteiger partial charge in [0, 0.05) is 30.8 Å². The Labute approximate surface area is 136 Å². The Morgan fingerprint density at radius 2 is 2.00 bits per heavy atom. The molecule has 0 fully saturated rings. The molecule has 3 rings (SSSR count). The first-order valence-electron chi connectivity index (χ1n) is 7.47. The standard InChI is InChI=1S/C15H17F3N6/c1-8-7-11-9(12(19)23-14(20)22-11)4-6-24(8)13-10(15(16,17)18)3-2-5-21-13/h2-3,5,8H,4,6-7H2,1H3,(H4,19,20,22,23). The third-order valence-corrected chi connectivity index (χ3v) is 4.13. The maximum Gasteiger partial charge on any atom is 0.419 e. The van der Waals surface area contributed by atoms with Crippen molar-refractivity contribution in [3.63, 3.8) is 0 Å². The van der Waals surface area contributed by atoms with E-state index in [9.17, 15) is 13.2 Å². The summed E-state index contributed by atoms with van der Waals surface area (Å²) in [5.74, 6) is 0.272. The van der Waals surface area contributed by atoms with Crippen LogP contribution >= 0.6 is 0 Å². The second-order valence-electron chi connectivity index (χ2n) is 5.76. The van der Waals surface area contributed by atoms with Gasteiger partial charge in [0.2, 0.25) is 5.95 Å². The molecule has 6 nitrogen and oxygen atoms in total. The lowest BCUT2D eigenvalue weighted by atomic mass is 10.1. The number of nitrogen functional groups attached to an aromatic ring is 2. The van der Waals surface area contributed by atoms with Crippen LogP contribution < -0.4 is 16.4 Å². The van der Waals surface area contributed by atoms with Crippen molar-refractivity contribution in [2.24, 2.45) is 0 Å². The number of aromatic nitrogens is 3. The quantitative estimate of drug-likeness (QED) is 0.826. The molecule has 1 aliphatic heterocycles. The number of nitrogens with two attached hydrogens (primary N) is 2. The molecule has 4 N–H and O–H groups in total. The summed E-state index contributed by atoms with van der Waals surface area (Å²) < 4.78 is 39.9. The summed E-state index contributed by atoms with van der Waals surface area (Å²) >= 11 is 0. The number of rotatable bonds is 1. The van der Waals surface area contributed by atoms with E-state index in [-0.39, 0.29) is 23.6 Å². The van der Waals surface area contributed by atoms with Gasteiger partial charge in [-0.25, -0.2) is 9.97 Å². The molecule has 3 heterocycles. The van der Waals surface area contributed by atoms with E-state index in [1.807, 2.05) is 6.92 Å². The van der Waals surface area contributed by atoms with Crippen LogP contribution in [0.15, 0.2) is 18.3 Å². The zero-order chi connectivity index (χ0) is 17.5. The minimum Gasteiger partial charge on any atom is -0.383 e. The topological polar surface area (TPSA) is 93.9 Å². The van der Waals surface area contributed by atoms with Crippen molar-refractivity contribution >= 4 is 17.6 Å². The molecule has 0 bridgehead atoms. The van der Waals surface area contributed by atoms with Gasteiger partial charge in [-0.1, -0.05) is 0 Å². The fourth-order valence-electron chi connectivity index (χ4n) is 3.02. The third kappa shape index (κ3) is 2.93. The lowest BCUT2D eigenvalue weighted by Gasteiger charge is -2.30. The molecule has 0 amide bonds. The van der Waals surface area contributed by atoms with Crippen molar-refractivity contribution < 1.29 is 13.2 Å². The lowest BCUT2D eigenvalue weighted by molar-refractivity contribution is -0.137. The van der Waals surface area contributed by atoms with Crippen molar-refractivity contribution in [2.45, 2.75) is 32.0 Å². The molecule has 1 aliphatic rings. The highest BCUT2D eigenvalue weighted by molar-refractivity contribution is 5.53. The first-order chi connectivity index (χ1) is 11.3. The molecule has 128 valence electrons. The van der Waals surface area contributed by atoms with E-state index < -0.39 is 11.7 Å². The minimum atomic E-state index is -4.47. The number of nitrogens with zero attached hydrogens (tertiary/aromatic N) is 4. The van der Waals surface area contributed by atoms with Crippen LogP contribution in [-0.2, 0) is 19.0 Å². The first-order valence-corrected chi connectivity index (χ1v) is 7.47. The van der Waals surface area contributed by atoms with Crippen molar-refractivity contribution in [3.8, 4) is 0 Å². The van der Waals surface area contributed by atoms with Crippen LogP contribution in [0.2, 0.25) is 0 Å². The van der Waals surface area contributed by atoms with E-state index in [1.54, 1.807) is 4.90 Å². The number of hydrogen-bond acceptors (Lipinski definition) is 6. The molecule has 0 saturated carbocycles. The molecule has 2 aromatic rings. The molecule has 0 aromatic carbocycles. The summed E-state index contributed by atoms with van der Waals surface area (Å²) in [5, 5.41) is 0. The van der Waals surface area contributed by atoms with Crippen LogP contribution in [-0.4, -0.2) is 27.5 Å². The van der Waals surface area contributed by atoms with Gasteiger partial charge in [-0.05, 0) is 25.5 Å². The summed E-state index contributed by atoms with van der Waals surface area (Å²) in [6.45, 7) is 2.17. The highest BCUT2D eigenvalue weighted by atomic mass is 19.4. The maximum atomic E-state index is 13.3. The summed E-state index contributed by atoms with van der Waals surface area (Å²) in [7, 11) is 0. The minimum absolute atomic E-state index is 0.0701. The average Bonchev–Trinajstić information content (AvgIpc) is 2.64. The molecule has 0 saturated heterocycles. The fourth-order valence-corrected chi connectivity index (χ4v) is 3.02. The van der Waals surface area contributed by atoms with E-state index >= 15 is 0 Å². The molecular weight excluding hydrogens is 321 g/mol. The van der Waals surface area contributed by atoms with Crippen molar-refractivity contribution in [2.75, 3.05) is 22.9 Å². The number of fused-ring (bicyclic) bond motifs is 1. The number of pyridine rings is 1. The van der Waals surface area contributed by atoms with Gasteiger partial charge in [-0.2, -0.15) is 18.2 Å². The van der Waals surface area contributed by atoms with Gasteiger partial charge in [-0.15, -0.1) is 0 Å². The molecule has 0 spiro atoms. The molecule has 1 unspecified atom stereocenters. The van der Waals surface area contributed by atoms with Crippen LogP contribution in [0.1, 0.15) is 23.7 Å².